The summed E-state index contributed by atoms with van der Waals surface area (Å²) in [7, 11) is 0. The number of anilines is 2. The van der Waals surface area contributed by atoms with Gasteiger partial charge in [-0.25, -0.2) is 4.39 Å². The second-order valence-corrected chi connectivity index (χ2v) is 8.98. The van der Waals surface area contributed by atoms with Crippen molar-refractivity contribution in [2.75, 3.05) is 17.6 Å². The molecular formula is C31H26FN3O2. The van der Waals surface area contributed by atoms with Gasteiger partial charge in [-0.15, -0.1) is 0 Å². The molecule has 0 aromatic heterocycles. The molecule has 1 aliphatic rings. The molecule has 0 bridgehead atoms. The molecule has 5 nitrogen and oxygen atoms in total. The van der Waals surface area contributed by atoms with Crippen LogP contribution in [0, 0.1) is 5.82 Å². The third kappa shape index (κ3) is 5.43. The quantitative estimate of drug-likeness (QED) is 0.211. The van der Waals surface area contributed by atoms with Gasteiger partial charge in [0.15, 0.2) is 0 Å². The van der Waals surface area contributed by atoms with E-state index >= 15 is 0 Å². The molecule has 4 aromatic rings. The highest BCUT2D eigenvalue weighted by Gasteiger charge is 2.25. The highest BCUT2D eigenvalue weighted by Crippen LogP contribution is 2.27. The molecule has 0 radical (unpaired) electrons. The molecule has 184 valence electrons. The molecule has 37 heavy (non-hydrogen) atoms. The van der Waals surface area contributed by atoms with E-state index in [9.17, 15) is 14.0 Å². The van der Waals surface area contributed by atoms with E-state index in [1.807, 2.05) is 48.5 Å². The number of nitrogens with zero attached hydrogens (tertiary/aromatic N) is 1. The Kier molecular flexibility index (Phi) is 6.81. The van der Waals surface area contributed by atoms with E-state index in [0.717, 1.165) is 16.7 Å². The Hall–Kier alpha value is -4.71. The molecule has 0 spiro atoms. The van der Waals surface area contributed by atoms with E-state index in [1.54, 1.807) is 47.4 Å². The lowest BCUT2D eigenvalue weighted by Crippen LogP contribution is -2.36. The molecule has 6 heteroatoms. The zero-order chi connectivity index (χ0) is 25.8. The summed E-state index contributed by atoms with van der Waals surface area (Å²) in [5.41, 5.74) is 11.3. The molecule has 1 aliphatic heterocycles. The number of benzene rings is 4. The molecule has 0 aliphatic carbocycles. The zero-order valence-corrected chi connectivity index (χ0v) is 20.2. The summed E-state index contributed by atoms with van der Waals surface area (Å²) < 4.78 is 14.1. The third-order valence-electron chi connectivity index (χ3n) is 6.45. The molecule has 4 aromatic carbocycles. The van der Waals surface area contributed by atoms with Crippen LogP contribution in [0.4, 0.5) is 15.8 Å². The first-order valence-corrected chi connectivity index (χ1v) is 12.1. The van der Waals surface area contributed by atoms with Gasteiger partial charge in [0, 0.05) is 24.2 Å². The van der Waals surface area contributed by atoms with Gasteiger partial charge in [0.1, 0.15) is 5.82 Å². The zero-order valence-electron chi connectivity index (χ0n) is 20.2. The number of para-hydroxylation sites is 2. The minimum atomic E-state index is -0.400. The van der Waals surface area contributed by atoms with Gasteiger partial charge in [0.05, 0.1) is 11.4 Å². The monoisotopic (exact) mass is 491 g/mol. The van der Waals surface area contributed by atoms with E-state index in [1.165, 1.54) is 12.1 Å². The number of carbonyl (C=O) groups is 2. The summed E-state index contributed by atoms with van der Waals surface area (Å²) in [6.45, 7) is 0.879. The Labute approximate surface area is 215 Å². The Morgan fingerprint density at radius 2 is 1.62 bits per heavy atom. The number of nitrogens with one attached hydrogen (secondary N) is 1. The largest absolute Gasteiger partial charge is 0.397 e. The maximum absolute atomic E-state index is 14.1. The normalized spacial score (nSPS) is 13.1. The van der Waals surface area contributed by atoms with Crippen LogP contribution in [-0.4, -0.2) is 23.3 Å². The molecule has 5 rings (SSSR count). The number of halogens is 1. The Bertz CT molecular complexity index is 1500. The lowest BCUT2D eigenvalue weighted by Gasteiger charge is -2.30. The summed E-state index contributed by atoms with van der Waals surface area (Å²) >= 11 is 0. The van der Waals surface area contributed by atoms with Crippen LogP contribution in [-0.2, 0) is 17.8 Å². The number of nitrogen functional groups attached to an aromatic ring is 1. The number of rotatable bonds is 5. The fraction of sp³-hybridized carbons (Fsp3) is 0.0968. The lowest BCUT2D eigenvalue weighted by molar-refractivity contribution is -0.125. The Balaban J connectivity index is 1.41. The van der Waals surface area contributed by atoms with Crippen molar-refractivity contribution in [3.8, 4) is 0 Å². The first kappa shape index (κ1) is 24.0. The van der Waals surface area contributed by atoms with Gasteiger partial charge < -0.3 is 16.0 Å². The molecule has 0 atom stereocenters. The van der Waals surface area contributed by atoms with Crippen molar-refractivity contribution in [3.63, 3.8) is 0 Å². The maximum atomic E-state index is 14.1. The van der Waals surface area contributed by atoms with Gasteiger partial charge in [-0.05, 0) is 71.1 Å². The average Bonchev–Trinajstić information content (AvgIpc) is 2.92. The van der Waals surface area contributed by atoms with Crippen LogP contribution in [0.2, 0.25) is 0 Å². The van der Waals surface area contributed by atoms with E-state index in [2.05, 4.69) is 5.32 Å². The first-order valence-electron chi connectivity index (χ1n) is 12.1. The minimum Gasteiger partial charge on any atom is -0.397 e. The summed E-state index contributed by atoms with van der Waals surface area (Å²) in [4.78, 5) is 28.4. The molecule has 1 heterocycles. The predicted octanol–water partition coefficient (Wildman–Crippen LogP) is 5.79. The van der Waals surface area contributed by atoms with Gasteiger partial charge in [-0.3, -0.25) is 9.59 Å². The van der Waals surface area contributed by atoms with Crippen LogP contribution in [0.3, 0.4) is 0 Å². The van der Waals surface area contributed by atoms with Gasteiger partial charge in [0.2, 0.25) is 0 Å². The number of hydrogen-bond donors (Lipinski definition) is 2. The van der Waals surface area contributed by atoms with Crippen molar-refractivity contribution in [3.05, 3.63) is 131 Å². The molecule has 0 fully saturated rings. The van der Waals surface area contributed by atoms with Crippen LogP contribution in [0.1, 0.15) is 32.6 Å². The van der Waals surface area contributed by atoms with E-state index in [4.69, 9.17) is 5.73 Å². The number of fused-ring (bicyclic) bond motifs is 1. The fourth-order valence-electron chi connectivity index (χ4n) is 4.49. The highest BCUT2D eigenvalue weighted by molar-refractivity contribution is 6.24. The second kappa shape index (κ2) is 10.5. The SMILES string of the molecule is Nc1ccccc1NC(=O)c1ccc2c(c1)CN(C(=O)/C(=C\c1ccccc1)c1cccc(F)c1)CC2. The van der Waals surface area contributed by atoms with Crippen LogP contribution in [0.25, 0.3) is 11.6 Å². The van der Waals surface area contributed by atoms with Crippen LogP contribution >= 0.6 is 0 Å². The molecule has 0 saturated carbocycles. The summed E-state index contributed by atoms with van der Waals surface area (Å²) in [6, 6.07) is 28.2. The summed E-state index contributed by atoms with van der Waals surface area (Å²) in [5.74, 6) is -0.858. The number of amides is 2. The van der Waals surface area contributed by atoms with Gasteiger partial charge in [-0.1, -0.05) is 60.7 Å². The molecule has 0 unspecified atom stereocenters. The standard InChI is InChI=1S/C31H26FN3O2/c32-26-10-6-9-23(19-26)27(17-21-7-2-1-3-8-21)31(37)35-16-15-22-13-14-24(18-25(22)20-35)30(36)34-29-12-5-4-11-28(29)33/h1-14,17-19H,15-16,20,33H2,(H,34,36)/b27-17-. The number of carbonyl (C=O) groups excluding carboxylic acids is 2. The number of hydrogen-bond acceptors (Lipinski definition) is 3. The van der Waals surface area contributed by atoms with Crippen molar-refractivity contribution >= 4 is 34.8 Å². The predicted molar refractivity (Wildman–Crippen MR) is 145 cm³/mol. The first-order chi connectivity index (χ1) is 18.0. The average molecular weight is 492 g/mol. The number of nitrogens with two attached hydrogens (primary N) is 1. The minimum absolute atomic E-state index is 0.188. The topological polar surface area (TPSA) is 75.4 Å². The highest BCUT2D eigenvalue weighted by atomic mass is 19.1. The summed E-state index contributed by atoms with van der Waals surface area (Å²) in [5, 5.41) is 2.85. The summed E-state index contributed by atoms with van der Waals surface area (Å²) in [6.07, 6.45) is 2.46. The van der Waals surface area contributed by atoms with Gasteiger partial charge in [-0.2, -0.15) is 0 Å². The fourth-order valence-corrected chi connectivity index (χ4v) is 4.49. The molecule has 0 saturated heterocycles. The van der Waals surface area contributed by atoms with E-state index in [0.29, 0.717) is 47.6 Å². The van der Waals surface area contributed by atoms with Gasteiger partial charge in [0.25, 0.3) is 11.8 Å². The van der Waals surface area contributed by atoms with Crippen molar-refractivity contribution < 1.29 is 14.0 Å². The molecular weight excluding hydrogens is 465 g/mol. The van der Waals surface area contributed by atoms with Crippen molar-refractivity contribution in [1.29, 1.82) is 0 Å². The third-order valence-corrected chi connectivity index (χ3v) is 6.45. The molecule has 2 amide bonds. The molecule has 3 N–H and O–H groups in total. The van der Waals surface area contributed by atoms with Crippen molar-refractivity contribution in [2.45, 2.75) is 13.0 Å². The van der Waals surface area contributed by atoms with E-state index < -0.39 is 5.82 Å². The Morgan fingerprint density at radius 1 is 0.838 bits per heavy atom. The van der Waals surface area contributed by atoms with Gasteiger partial charge >= 0.3 is 0 Å². The lowest BCUT2D eigenvalue weighted by atomic mass is 9.95. The van der Waals surface area contributed by atoms with E-state index in [-0.39, 0.29) is 11.8 Å². The maximum Gasteiger partial charge on any atom is 0.255 e. The Morgan fingerprint density at radius 3 is 2.41 bits per heavy atom. The van der Waals surface area contributed by atoms with Crippen LogP contribution in [0.5, 0.6) is 0 Å². The smallest absolute Gasteiger partial charge is 0.255 e. The van der Waals surface area contributed by atoms with Crippen molar-refractivity contribution in [2.24, 2.45) is 0 Å². The van der Waals surface area contributed by atoms with Crippen molar-refractivity contribution in [1.82, 2.24) is 4.90 Å². The van der Waals surface area contributed by atoms with Crippen LogP contribution in [0.15, 0.2) is 97.1 Å². The second-order valence-electron chi connectivity index (χ2n) is 8.98. The van der Waals surface area contributed by atoms with Crippen LogP contribution < -0.4 is 11.1 Å².